The van der Waals surface area contributed by atoms with Gasteiger partial charge < -0.3 is 20.6 Å². The Morgan fingerprint density at radius 2 is 1.75 bits per heavy atom. The largest absolute Gasteiger partial charge is 0.733 e. The SMILES string of the molecule is CC(CO)(CO)N1C(=O)c2cccc3cc(N([O-])O)cc(c23)C1=O. The summed E-state index contributed by atoms with van der Waals surface area (Å²) >= 11 is 0. The van der Waals surface area contributed by atoms with Crippen molar-refractivity contribution in [1.29, 1.82) is 0 Å². The van der Waals surface area contributed by atoms with Gasteiger partial charge in [-0.3, -0.25) is 19.7 Å². The summed E-state index contributed by atoms with van der Waals surface area (Å²) in [6.45, 7) is 0.128. The molecular formula is C16H15N2O6-. The molecule has 0 aromatic heterocycles. The number of hydrogen-bond acceptors (Lipinski definition) is 7. The molecule has 2 aromatic carbocycles. The fraction of sp³-hybridized carbons (Fsp3) is 0.250. The van der Waals surface area contributed by atoms with E-state index in [2.05, 4.69) is 0 Å². The minimum Gasteiger partial charge on any atom is -0.733 e. The number of imide groups is 1. The third-order valence-electron chi connectivity index (χ3n) is 4.27. The first-order valence-electron chi connectivity index (χ1n) is 7.17. The lowest BCUT2D eigenvalue weighted by Crippen LogP contribution is -2.58. The van der Waals surface area contributed by atoms with Crippen molar-refractivity contribution < 1.29 is 25.0 Å². The molecule has 0 fully saturated rings. The zero-order chi connectivity index (χ0) is 17.6. The summed E-state index contributed by atoms with van der Waals surface area (Å²) in [5, 5.41) is 39.9. The quantitative estimate of drug-likeness (QED) is 0.561. The molecule has 1 heterocycles. The Kier molecular flexibility index (Phi) is 3.77. The standard InChI is InChI=1S/C16H15N2O6/c1-16(7-19,8-20)17-14(21)11-4-2-3-9-5-10(18(23)24)6-12(13(9)11)15(17)22/h2-6,19-20,23H,7-8H2,1H3/q-1. The second-order valence-electron chi connectivity index (χ2n) is 5.93. The molecule has 0 unspecified atom stereocenters. The van der Waals surface area contributed by atoms with Gasteiger partial charge in [0.2, 0.25) is 0 Å². The monoisotopic (exact) mass is 331 g/mol. The summed E-state index contributed by atoms with van der Waals surface area (Å²) in [6, 6.07) is 7.26. The molecule has 8 nitrogen and oxygen atoms in total. The van der Waals surface area contributed by atoms with E-state index in [0.717, 1.165) is 4.90 Å². The van der Waals surface area contributed by atoms with Crippen molar-refractivity contribution >= 4 is 28.3 Å². The van der Waals surface area contributed by atoms with Crippen LogP contribution in [0.3, 0.4) is 0 Å². The van der Waals surface area contributed by atoms with Gasteiger partial charge in [-0.15, -0.1) is 0 Å². The molecule has 2 aromatic rings. The van der Waals surface area contributed by atoms with Crippen molar-refractivity contribution in [3.05, 3.63) is 46.7 Å². The molecule has 0 saturated heterocycles. The van der Waals surface area contributed by atoms with Crippen LogP contribution in [0.1, 0.15) is 27.6 Å². The number of aliphatic hydroxyl groups is 2. The summed E-state index contributed by atoms with van der Waals surface area (Å²) in [7, 11) is 0. The number of rotatable bonds is 4. The first-order chi connectivity index (χ1) is 11.3. The highest BCUT2D eigenvalue weighted by atomic mass is 16.8. The van der Waals surface area contributed by atoms with E-state index in [1.807, 2.05) is 0 Å². The van der Waals surface area contributed by atoms with Gasteiger partial charge in [-0.05, 0) is 30.5 Å². The predicted molar refractivity (Wildman–Crippen MR) is 84.7 cm³/mol. The van der Waals surface area contributed by atoms with Crippen molar-refractivity contribution in [2.75, 3.05) is 18.4 Å². The molecule has 0 bridgehead atoms. The Hall–Kier alpha value is -2.52. The molecule has 2 amide bonds. The van der Waals surface area contributed by atoms with E-state index in [4.69, 9.17) is 5.21 Å². The fourth-order valence-corrected chi connectivity index (χ4v) is 2.88. The average molecular weight is 331 g/mol. The van der Waals surface area contributed by atoms with Gasteiger partial charge in [-0.1, -0.05) is 12.1 Å². The van der Waals surface area contributed by atoms with Crippen molar-refractivity contribution in [3.63, 3.8) is 0 Å². The van der Waals surface area contributed by atoms with Gasteiger partial charge in [0, 0.05) is 10.9 Å². The number of hydrogen-bond donors (Lipinski definition) is 3. The molecule has 0 atom stereocenters. The topological polar surface area (TPSA) is 124 Å². The minimum absolute atomic E-state index is 0.0423. The molecule has 1 aliphatic heterocycles. The maximum atomic E-state index is 12.8. The maximum absolute atomic E-state index is 12.8. The molecule has 8 heteroatoms. The molecular weight excluding hydrogens is 316 g/mol. The van der Waals surface area contributed by atoms with Gasteiger partial charge in [-0.2, -0.15) is 0 Å². The van der Waals surface area contributed by atoms with Crippen LogP contribution in [-0.2, 0) is 0 Å². The lowest BCUT2D eigenvalue weighted by molar-refractivity contribution is 0.00601. The number of anilines is 1. The Morgan fingerprint density at radius 3 is 2.33 bits per heavy atom. The predicted octanol–water partition coefficient (Wildman–Crippen LogP) is 0.873. The third kappa shape index (κ3) is 2.16. The van der Waals surface area contributed by atoms with Crippen LogP contribution < -0.4 is 5.23 Å². The molecule has 0 spiro atoms. The summed E-state index contributed by atoms with van der Waals surface area (Å²) in [5.74, 6) is -1.39. The zero-order valence-electron chi connectivity index (χ0n) is 12.8. The number of aliphatic hydroxyl groups excluding tert-OH is 2. The molecule has 0 aliphatic carbocycles. The number of carbonyl (C=O) groups excluding carboxylic acids is 2. The third-order valence-corrected chi connectivity index (χ3v) is 4.27. The van der Waals surface area contributed by atoms with E-state index in [0.29, 0.717) is 10.8 Å². The fourth-order valence-electron chi connectivity index (χ4n) is 2.88. The van der Waals surface area contributed by atoms with Gasteiger partial charge in [0.15, 0.2) is 0 Å². The minimum atomic E-state index is -1.50. The van der Waals surface area contributed by atoms with Gasteiger partial charge in [0.1, 0.15) is 0 Å². The van der Waals surface area contributed by atoms with Crippen molar-refractivity contribution in [2.45, 2.75) is 12.5 Å². The normalized spacial score (nSPS) is 14.5. The van der Waals surface area contributed by atoms with E-state index < -0.39 is 30.6 Å². The van der Waals surface area contributed by atoms with E-state index in [1.165, 1.54) is 25.1 Å². The van der Waals surface area contributed by atoms with Gasteiger partial charge in [-0.25, -0.2) is 0 Å². The molecule has 0 radical (unpaired) electrons. The highest BCUT2D eigenvalue weighted by molar-refractivity contribution is 6.26. The van der Waals surface area contributed by atoms with E-state index in [9.17, 15) is 25.0 Å². The molecule has 0 saturated carbocycles. The van der Waals surface area contributed by atoms with Crippen molar-refractivity contribution in [2.24, 2.45) is 0 Å². The molecule has 24 heavy (non-hydrogen) atoms. The van der Waals surface area contributed by atoms with Crippen LogP contribution in [0.15, 0.2) is 30.3 Å². The highest BCUT2D eigenvalue weighted by Gasteiger charge is 2.44. The average Bonchev–Trinajstić information content (AvgIpc) is 2.58. The number of carbonyl (C=O) groups is 2. The van der Waals surface area contributed by atoms with E-state index in [-0.39, 0.29) is 22.0 Å². The van der Waals surface area contributed by atoms with Crippen LogP contribution in [0.5, 0.6) is 0 Å². The molecule has 3 N–H and O–H groups in total. The van der Waals surface area contributed by atoms with Gasteiger partial charge in [0.25, 0.3) is 11.8 Å². The van der Waals surface area contributed by atoms with Crippen molar-refractivity contribution in [1.82, 2.24) is 4.90 Å². The Bertz CT molecular complexity index is 844. The van der Waals surface area contributed by atoms with Crippen LogP contribution in [0.25, 0.3) is 10.8 Å². The molecule has 126 valence electrons. The van der Waals surface area contributed by atoms with Gasteiger partial charge in [0.05, 0.1) is 30.0 Å². The summed E-state index contributed by atoms with van der Waals surface area (Å²) in [6.07, 6.45) is 0. The van der Waals surface area contributed by atoms with E-state index in [1.54, 1.807) is 12.1 Å². The van der Waals surface area contributed by atoms with Gasteiger partial charge >= 0.3 is 0 Å². The molecule has 1 aliphatic rings. The zero-order valence-corrected chi connectivity index (χ0v) is 12.8. The second-order valence-corrected chi connectivity index (χ2v) is 5.93. The molecule has 3 rings (SSSR count). The number of nitrogens with zero attached hydrogens (tertiary/aromatic N) is 2. The first kappa shape index (κ1) is 16.3. The maximum Gasteiger partial charge on any atom is 0.262 e. The van der Waals surface area contributed by atoms with Crippen LogP contribution in [0.4, 0.5) is 5.69 Å². The summed E-state index contributed by atoms with van der Waals surface area (Å²) in [4.78, 5) is 26.4. The smallest absolute Gasteiger partial charge is 0.262 e. The Labute approximate surface area is 136 Å². The summed E-state index contributed by atoms with van der Waals surface area (Å²) in [5.41, 5.74) is -1.40. The first-order valence-corrected chi connectivity index (χ1v) is 7.17. The van der Waals surface area contributed by atoms with Crippen LogP contribution in [-0.4, -0.2) is 50.9 Å². The van der Waals surface area contributed by atoms with Crippen LogP contribution in [0.2, 0.25) is 0 Å². The van der Waals surface area contributed by atoms with Crippen molar-refractivity contribution in [3.8, 4) is 0 Å². The highest BCUT2D eigenvalue weighted by Crippen LogP contribution is 2.36. The van der Waals surface area contributed by atoms with Crippen LogP contribution >= 0.6 is 0 Å². The number of amides is 2. The Morgan fingerprint density at radius 1 is 1.12 bits per heavy atom. The lowest BCUT2D eigenvalue weighted by atomic mass is 9.89. The Balaban J connectivity index is 2.32. The number of benzene rings is 2. The lowest BCUT2D eigenvalue weighted by Gasteiger charge is -2.40. The second kappa shape index (κ2) is 5.53. The summed E-state index contributed by atoms with van der Waals surface area (Å²) < 4.78 is 0. The van der Waals surface area contributed by atoms with Crippen LogP contribution in [0, 0.1) is 5.21 Å². The van der Waals surface area contributed by atoms with E-state index >= 15 is 0 Å².